The highest BCUT2D eigenvalue weighted by Crippen LogP contribution is 2.15. The van der Waals surface area contributed by atoms with Gasteiger partial charge in [-0.3, -0.25) is 15.2 Å². The summed E-state index contributed by atoms with van der Waals surface area (Å²) in [6.45, 7) is 2.02. The largest absolute Gasteiger partial charge is 0.278 e. The summed E-state index contributed by atoms with van der Waals surface area (Å²) < 4.78 is 1.85. The van der Waals surface area contributed by atoms with Crippen LogP contribution in [-0.4, -0.2) is 26.0 Å². The van der Waals surface area contributed by atoms with Gasteiger partial charge in [0.25, 0.3) is 5.69 Å². The Bertz CT molecular complexity index is 704. The van der Waals surface area contributed by atoms with Gasteiger partial charge in [-0.15, -0.1) is 0 Å². The van der Waals surface area contributed by atoms with E-state index in [4.69, 9.17) is 12.2 Å². The van der Waals surface area contributed by atoms with Crippen molar-refractivity contribution < 1.29 is 4.92 Å². The number of nitrogens with one attached hydrogen (secondary N) is 1. The van der Waals surface area contributed by atoms with Crippen LogP contribution in [0.4, 0.5) is 5.69 Å². The van der Waals surface area contributed by atoms with Crippen molar-refractivity contribution in [2.24, 2.45) is 5.10 Å². The van der Waals surface area contributed by atoms with E-state index in [0.29, 0.717) is 16.2 Å². The van der Waals surface area contributed by atoms with Crippen LogP contribution in [0.15, 0.2) is 29.4 Å². The van der Waals surface area contributed by atoms with Gasteiger partial charge in [-0.25, -0.2) is 0 Å². The quantitative estimate of drug-likeness (QED) is 0.397. The minimum absolute atomic E-state index is 0.00306. The molecule has 0 fully saturated rings. The van der Waals surface area contributed by atoms with Gasteiger partial charge in [0, 0.05) is 12.5 Å². The zero-order valence-electron chi connectivity index (χ0n) is 10.8. The lowest BCUT2D eigenvalue weighted by Crippen LogP contribution is -2.00. The summed E-state index contributed by atoms with van der Waals surface area (Å²) in [5.41, 5.74) is 0.423. The van der Waals surface area contributed by atoms with Gasteiger partial charge in [0.2, 0.25) is 4.77 Å². The second kappa shape index (κ2) is 6.20. The van der Waals surface area contributed by atoms with Crippen LogP contribution in [0.1, 0.15) is 24.7 Å². The zero-order chi connectivity index (χ0) is 14.5. The van der Waals surface area contributed by atoms with Gasteiger partial charge in [0.1, 0.15) is 0 Å². The van der Waals surface area contributed by atoms with Crippen molar-refractivity contribution in [3.8, 4) is 0 Å². The summed E-state index contributed by atoms with van der Waals surface area (Å²) in [5.74, 6) is 0.701. The fourth-order valence-corrected chi connectivity index (χ4v) is 1.91. The van der Waals surface area contributed by atoms with Gasteiger partial charge in [-0.05, 0) is 24.7 Å². The molecule has 0 aliphatic rings. The molecule has 104 valence electrons. The average molecular weight is 291 g/mol. The number of nitrogens with zero attached hydrogens (tertiary/aromatic N) is 4. The monoisotopic (exact) mass is 291 g/mol. The highest BCUT2D eigenvalue weighted by Gasteiger charge is 2.10. The molecule has 20 heavy (non-hydrogen) atoms. The van der Waals surface area contributed by atoms with Crippen molar-refractivity contribution in [3.05, 3.63) is 50.5 Å². The molecule has 0 saturated carbocycles. The fourth-order valence-electron chi connectivity index (χ4n) is 1.71. The fraction of sp³-hybridized carbons (Fsp3) is 0.250. The van der Waals surface area contributed by atoms with Gasteiger partial charge in [-0.1, -0.05) is 19.1 Å². The van der Waals surface area contributed by atoms with Gasteiger partial charge in [0.15, 0.2) is 5.82 Å². The maximum absolute atomic E-state index is 10.9. The molecule has 0 atom stereocenters. The molecule has 0 aliphatic carbocycles. The summed E-state index contributed by atoms with van der Waals surface area (Å²) in [6.07, 6.45) is 3.05. The SMILES string of the molecule is CCCc1n[nH]c(=S)n1/N=C\c1ccccc1[N+](=O)[O-]. The molecule has 1 aromatic heterocycles. The van der Waals surface area contributed by atoms with E-state index in [0.717, 1.165) is 12.8 Å². The predicted molar refractivity (Wildman–Crippen MR) is 77.5 cm³/mol. The smallest absolute Gasteiger partial charge is 0.258 e. The average Bonchev–Trinajstić information content (AvgIpc) is 2.78. The number of aryl methyl sites for hydroxylation is 1. The first-order valence-corrected chi connectivity index (χ1v) is 6.48. The molecular weight excluding hydrogens is 278 g/mol. The Balaban J connectivity index is 2.37. The van der Waals surface area contributed by atoms with E-state index in [-0.39, 0.29) is 5.69 Å². The number of H-pyrrole nitrogens is 1. The third-order valence-corrected chi connectivity index (χ3v) is 2.90. The Morgan fingerprint density at radius 1 is 1.55 bits per heavy atom. The van der Waals surface area contributed by atoms with E-state index < -0.39 is 4.92 Å². The van der Waals surface area contributed by atoms with Crippen molar-refractivity contribution in [3.63, 3.8) is 0 Å². The molecule has 1 aromatic carbocycles. The highest BCUT2D eigenvalue weighted by atomic mass is 32.1. The Morgan fingerprint density at radius 2 is 2.30 bits per heavy atom. The van der Waals surface area contributed by atoms with E-state index in [1.54, 1.807) is 18.2 Å². The molecule has 8 heteroatoms. The third kappa shape index (κ3) is 2.97. The van der Waals surface area contributed by atoms with Crippen LogP contribution in [-0.2, 0) is 6.42 Å². The van der Waals surface area contributed by atoms with Crippen LogP contribution in [0.3, 0.4) is 0 Å². The number of nitro benzene ring substituents is 1. The van der Waals surface area contributed by atoms with E-state index in [1.165, 1.54) is 17.0 Å². The van der Waals surface area contributed by atoms with Crippen LogP contribution in [0.2, 0.25) is 0 Å². The maximum atomic E-state index is 10.9. The van der Waals surface area contributed by atoms with Gasteiger partial charge in [0.05, 0.1) is 16.7 Å². The van der Waals surface area contributed by atoms with Crippen LogP contribution < -0.4 is 0 Å². The molecule has 1 N–H and O–H groups in total. The predicted octanol–water partition coefficient (Wildman–Crippen LogP) is 2.68. The molecule has 0 saturated heterocycles. The Hall–Kier alpha value is -2.35. The van der Waals surface area contributed by atoms with Gasteiger partial charge >= 0.3 is 0 Å². The minimum Gasteiger partial charge on any atom is -0.258 e. The normalized spacial score (nSPS) is 11.1. The van der Waals surface area contributed by atoms with E-state index in [1.807, 2.05) is 6.92 Å². The third-order valence-electron chi connectivity index (χ3n) is 2.64. The standard InChI is InChI=1S/C12H13N5O2S/c1-2-5-11-14-15-12(20)16(11)13-8-9-6-3-4-7-10(9)17(18)19/h3-4,6-8H,2,5H2,1H3,(H,15,20)/b13-8-. The second-order valence-corrected chi connectivity index (χ2v) is 4.45. The molecule has 2 rings (SSSR count). The molecule has 0 unspecified atom stereocenters. The first kappa shape index (κ1) is 14.1. The minimum atomic E-state index is -0.442. The lowest BCUT2D eigenvalue weighted by molar-refractivity contribution is -0.385. The Labute approximate surface area is 120 Å². The molecular formula is C12H13N5O2S. The van der Waals surface area contributed by atoms with Crippen LogP contribution >= 0.6 is 12.2 Å². The van der Waals surface area contributed by atoms with Crippen molar-refractivity contribution in [2.75, 3.05) is 0 Å². The number of benzene rings is 1. The molecule has 0 bridgehead atoms. The molecule has 0 radical (unpaired) electrons. The van der Waals surface area contributed by atoms with Crippen LogP contribution in [0, 0.1) is 14.9 Å². The molecule has 1 heterocycles. The number of aromatic amines is 1. The van der Waals surface area contributed by atoms with Crippen LogP contribution in [0.25, 0.3) is 0 Å². The van der Waals surface area contributed by atoms with E-state index in [9.17, 15) is 10.1 Å². The van der Waals surface area contributed by atoms with Gasteiger partial charge < -0.3 is 0 Å². The Morgan fingerprint density at radius 3 is 3.00 bits per heavy atom. The van der Waals surface area contributed by atoms with Crippen molar-refractivity contribution >= 4 is 24.1 Å². The molecule has 7 nitrogen and oxygen atoms in total. The Kier molecular flexibility index (Phi) is 4.36. The molecule has 0 aliphatic heterocycles. The second-order valence-electron chi connectivity index (χ2n) is 4.07. The molecule has 0 amide bonds. The van der Waals surface area contributed by atoms with Crippen molar-refractivity contribution in [1.82, 2.24) is 14.9 Å². The molecule has 0 spiro atoms. The lowest BCUT2D eigenvalue weighted by atomic mass is 10.2. The summed E-state index contributed by atoms with van der Waals surface area (Å²) >= 11 is 5.08. The maximum Gasteiger partial charge on any atom is 0.278 e. The number of para-hydroxylation sites is 1. The first-order valence-electron chi connectivity index (χ1n) is 6.07. The topological polar surface area (TPSA) is 89.1 Å². The number of nitro groups is 1. The van der Waals surface area contributed by atoms with Crippen molar-refractivity contribution in [2.45, 2.75) is 19.8 Å². The van der Waals surface area contributed by atoms with E-state index >= 15 is 0 Å². The van der Waals surface area contributed by atoms with Crippen molar-refractivity contribution in [1.29, 1.82) is 0 Å². The summed E-state index contributed by atoms with van der Waals surface area (Å²) in [7, 11) is 0. The van der Waals surface area contributed by atoms with E-state index in [2.05, 4.69) is 15.3 Å². The first-order chi connectivity index (χ1) is 9.63. The summed E-state index contributed by atoms with van der Waals surface area (Å²) in [4.78, 5) is 10.5. The lowest BCUT2D eigenvalue weighted by Gasteiger charge is -1.99. The summed E-state index contributed by atoms with van der Waals surface area (Å²) in [6, 6.07) is 6.39. The highest BCUT2D eigenvalue weighted by molar-refractivity contribution is 7.71. The number of rotatable bonds is 5. The van der Waals surface area contributed by atoms with Crippen LogP contribution in [0.5, 0.6) is 0 Å². The van der Waals surface area contributed by atoms with Gasteiger partial charge in [-0.2, -0.15) is 14.9 Å². The zero-order valence-corrected chi connectivity index (χ0v) is 11.6. The molecule has 2 aromatic rings. The number of hydrogen-bond acceptors (Lipinski definition) is 5. The number of hydrogen-bond donors (Lipinski definition) is 1. The number of aromatic nitrogens is 3. The summed E-state index contributed by atoms with van der Waals surface area (Å²) in [5, 5.41) is 21.8.